The first-order valence-electron chi connectivity index (χ1n) is 8.44. The molecule has 1 aromatic carbocycles. The zero-order valence-electron chi connectivity index (χ0n) is 14.2. The molecular formula is C19H20N2O4S. The summed E-state index contributed by atoms with van der Waals surface area (Å²) in [4.78, 5) is 36.3. The molecule has 1 aliphatic heterocycles. The van der Waals surface area contributed by atoms with E-state index < -0.39 is 17.3 Å². The molecule has 1 atom stereocenters. The van der Waals surface area contributed by atoms with Crippen LogP contribution in [0, 0.1) is 0 Å². The molecule has 26 heavy (non-hydrogen) atoms. The molecule has 1 amide bonds. The number of rotatable bonds is 6. The summed E-state index contributed by atoms with van der Waals surface area (Å²) >= 11 is 1.75. The lowest BCUT2D eigenvalue weighted by Crippen LogP contribution is -2.38. The minimum Gasteiger partial charge on any atom is -0.477 e. The van der Waals surface area contributed by atoms with Gasteiger partial charge >= 0.3 is 5.97 Å². The fourth-order valence-corrected chi connectivity index (χ4v) is 4.04. The van der Waals surface area contributed by atoms with Crippen LogP contribution in [0.15, 0.2) is 47.5 Å². The van der Waals surface area contributed by atoms with Crippen molar-refractivity contribution in [2.45, 2.75) is 25.4 Å². The van der Waals surface area contributed by atoms with Crippen LogP contribution >= 0.6 is 11.8 Å². The SMILES string of the molecule is O=C(O)c1cn(CCc2ccccc2)cc(C(=O)N[C@H]2CCSC2)c1=O. The number of amides is 1. The van der Waals surface area contributed by atoms with Gasteiger partial charge in [0.05, 0.1) is 0 Å². The molecule has 0 bridgehead atoms. The molecule has 0 unspecified atom stereocenters. The van der Waals surface area contributed by atoms with Gasteiger partial charge in [0.25, 0.3) is 5.91 Å². The number of nitrogens with zero attached hydrogens (tertiary/aromatic N) is 1. The van der Waals surface area contributed by atoms with Crippen LogP contribution in [0.2, 0.25) is 0 Å². The summed E-state index contributed by atoms with van der Waals surface area (Å²) in [6.45, 7) is 0.476. The van der Waals surface area contributed by atoms with Crippen molar-refractivity contribution in [3.63, 3.8) is 0 Å². The van der Waals surface area contributed by atoms with Crippen LogP contribution in [0.1, 0.15) is 32.7 Å². The summed E-state index contributed by atoms with van der Waals surface area (Å²) in [6.07, 6.45) is 4.28. The van der Waals surface area contributed by atoms with E-state index in [2.05, 4.69) is 5.32 Å². The number of aryl methyl sites for hydroxylation is 2. The Morgan fingerprint density at radius 1 is 1.19 bits per heavy atom. The number of thioether (sulfide) groups is 1. The Morgan fingerprint density at radius 2 is 1.92 bits per heavy atom. The molecule has 1 aliphatic rings. The number of benzene rings is 1. The molecule has 0 aliphatic carbocycles. The molecule has 0 radical (unpaired) electrons. The highest BCUT2D eigenvalue weighted by atomic mass is 32.2. The average Bonchev–Trinajstić information content (AvgIpc) is 3.14. The summed E-state index contributed by atoms with van der Waals surface area (Å²) in [7, 11) is 0. The smallest absolute Gasteiger partial charge is 0.341 e. The molecular weight excluding hydrogens is 352 g/mol. The summed E-state index contributed by atoms with van der Waals surface area (Å²) < 4.78 is 1.61. The Labute approximate surface area is 155 Å². The molecule has 7 heteroatoms. The number of aromatic nitrogens is 1. The topological polar surface area (TPSA) is 88.4 Å². The average molecular weight is 372 g/mol. The zero-order chi connectivity index (χ0) is 18.5. The molecule has 2 heterocycles. The fraction of sp³-hybridized carbons (Fsp3) is 0.316. The third-order valence-electron chi connectivity index (χ3n) is 4.32. The Hall–Kier alpha value is -2.54. The van der Waals surface area contributed by atoms with Gasteiger partial charge in [-0.15, -0.1) is 0 Å². The number of hydrogen-bond donors (Lipinski definition) is 2. The number of pyridine rings is 1. The van der Waals surface area contributed by atoms with Crippen molar-refractivity contribution in [3.8, 4) is 0 Å². The lowest BCUT2D eigenvalue weighted by molar-refractivity contribution is 0.0694. The van der Waals surface area contributed by atoms with Gasteiger partial charge in [0.15, 0.2) is 0 Å². The second-order valence-corrected chi connectivity index (χ2v) is 7.38. The van der Waals surface area contributed by atoms with E-state index >= 15 is 0 Å². The van der Waals surface area contributed by atoms with Crippen molar-refractivity contribution >= 4 is 23.6 Å². The molecule has 2 N–H and O–H groups in total. The van der Waals surface area contributed by atoms with Crippen LogP contribution in [-0.2, 0) is 13.0 Å². The number of nitrogens with one attached hydrogen (secondary N) is 1. The maximum atomic E-state index is 12.5. The number of carbonyl (C=O) groups excluding carboxylic acids is 1. The van der Waals surface area contributed by atoms with E-state index in [4.69, 9.17) is 0 Å². The van der Waals surface area contributed by atoms with Crippen molar-refractivity contribution in [1.29, 1.82) is 0 Å². The number of hydrogen-bond acceptors (Lipinski definition) is 4. The van der Waals surface area contributed by atoms with Gasteiger partial charge < -0.3 is 15.0 Å². The summed E-state index contributed by atoms with van der Waals surface area (Å²) in [5, 5.41) is 12.2. The van der Waals surface area contributed by atoms with Gasteiger partial charge in [-0.1, -0.05) is 30.3 Å². The second-order valence-electron chi connectivity index (χ2n) is 6.23. The van der Waals surface area contributed by atoms with E-state index in [1.807, 2.05) is 30.3 Å². The first kappa shape index (κ1) is 18.3. The van der Waals surface area contributed by atoms with Crippen molar-refractivity contribution in [2.75, 3.05) is 11.5 Å². The van der Waals surface area contributed by atoms with E-state index in [0.717, 1.165) is 23.5 Å². The highest BCUT2D eigenvalue weighted by Gasteiger charge is 2.23. The van der Waals surface area contributed by atoms with Gasteiger partial charge in [-0.3, -0.25) is 9.59 Å². The first-order chi connectivity index (χ1) is 12.5. The van der Waals surface area contributed by atoms with Crippen molar-refractivity contribution in [3.05, 3.63) is 69.6 Å². The van der Waals surface area contributed by atoms with Crippen LogP contribution < -0.4 is 10.7 Å². The maximum Gasteiger partial charge on any atom is 0.341 e. The minimum absolute atomic E-state index is 0.0261. The molecule has 1 saturated heterocycles. The van der Waals surface area contributed by atoms with Gasteiger partial charge in [-0.25, -0.2) is 4.79 Å². The van der Waals surface area contributed by atoms with Gasteiger partial charge in [0, 0.05) is 30.7 Å². The predicted octanol–water partition coefficient (Wildman–Crippen LogP) is 2.02. The Bertz CT molecular complexity index is 858. The highest BCUT2D eigenvalue weighted by Crippen LogP contribution is 2.17. The van der Waals surface area contributed by atoms with Crippen molar-refractivity contribution < 1.29 is 14.7 Å². The minimum atomic E-state index is -1.32. The Morgan fingerprint density at radius 3 is 2.58 bits per heavy atom. The lowest BCUT2D eigenvalue weighted by atomic mass is 10.1. The van der Waals surface area contributed by atoms with Crippen LogP contribution in [0.3, 0.4) is 0 Å². The van der Waals surface area contributed by atoms with Gasteiger partial charge in [-0.05, 0) is 24.2 Å². The van der Waals surface area contributed by atoms with E-state index in [0.29, 0.717) is 13.0 Å². The van der Waals surface area contributed by atoms with E-state index in [1.54, 1.807) is 16.3 Å². The standard InChI is InChI=1S/C19H20N2O4S/c22-17-15(18(23)20-14-7-9-26-12-14)10-21(11-16(17)19(24)25)8-6-13-4-2-1-3-5-13/h1-5,10-11,14H,6-9,12H2,(H,20,23)(H,24,25)/t14-/m0/s1. The summed E-state index contributed by atoms with van der Waals surface area (Å²) in [6, 6.07) is 9.77. The molecule has 3 rings (SSSR count). The van der Waals surface area contributed by atoms with Gasteiger partial charge in [0.1, 0.15) is 11.1 Å². The molecule has 136 valence electrons. The molecule has 0 saturated carbocycles. The lowest BCUT2D eigenvalue weighted by Gasteiger charge is -2.14. The van der Waals surface area contributed by atoms with E-state index in [1.165, 1.54) is 12.4 Å². The number of carboxylic acids is 1. The predicted molar refractivity (Wildman–Crippen MR) is 101 cm³/mol. The van der Waals surface area contributed by atoms with E-state index in [9.17, 15) is 19.5 Å². The zero-order valence-corrected chi connectivity index (χ0v) is 15.0. The molecule has 0 spiro atoms. The summed E-state index contributed by atoms with van der Waals surface area (Å²) in [5.74, 6) is -0.0397. The van der Waals surface area contributed by atoms with Gasteiger partial charge in [-0.2, -0.15) is 11.8 Å². The molecule has 1 aromatic heterocycles. The second kappa shape index (κ2) is 8.23. The normalized spacial score (nSPS) is 16.4. The third-order valence-corrected chi connectivity index (χ3v) is 5.48. The quantitative estimate of drug-likeness (QED) is 0.810. The Kier molecular flexibility index (Phi) is 5.78. The highest BCUT2D eigenvalue weighted by molar-refractivity contribution is 7.99. The number of aromatic carboxylic acids is 1. The first-order valence-corrected chi connectivity index (χ1v) is 9.60. The van der Waals surface area contributed by atoms with Crippen molar-refractivity contribution in [2.24, 2.45) is 0 Å². The fourth-order valence-electron chi connectivity index (χ4n) is 2.89. The Balaban J connectivity index is 1.85. The summed E-state index contributed by atoms with van der Waals surface area (Å²) in [5.41, 5.74) is -0.143. The van der Waals surface area contributed by atoms with Crippen LogP contribution in [0.5, 0.6) is 0 Å². The van der Waals surface area contributed by atoms with Crippen molar-refractivity contribution in [1.82, 2.24) is 9.88 Å². The monoisotopic (exact) mass is 372 g/mol. The number of carboxylic acid groups (broad SMARTS) is 1. The molecule has 2 aromatic rings. The third kappa shape index (κ3) is 4.35. The number of carbonyl (C=O) groups is 2. The van der Waals surface area contributed by atoms with Crippen LogP contribution in [0.25, 0.3) is 0 Å². The van der Waals surface area contributed by atoms with Crippen LogP contribution in [0.4, 0.5) is 0 Å². The van der Waals surface area contributed by atoms with Gasteiger partial charge in [0.2, 0.25) is 5.43 Å². The largest absolute Gasteiger partial charge is 0.477 e. The van der Waals surface area contributed by atoms with E-state index in [-0.39, 0.29) is 17.2 Å². The maximum absolute atomic E-state index is 12.5. The molecule has 6 nitrogen and oxygen atoms in total. The van der Waals surface area contributed by atoms with Crippen LogP contribution in [-0.4, -0.2) is 39.1 Å². The molecule has 1 fully saturated rings.